The minimum atomic E-state index is -0.529. The van der Waals surface area contributed by atoms with Crippen LogP contribution in [0.1, 0.15) is 36.8 Å². The molecule has 0 amide bonds. The first-order valence-corrected chi connectivity index (χ1v) is 5.31. The van der Waals surface area contributed by atoms with Gasteiger partial charge in [0, 0.05) is 11.1 Å². The van der Waals surface area contributed by atoms with Gasteiger partial charge in [0.15, 0.2) is 0 Å². The first-order valence-electron chi connectivity index (χ1n) is 5.31. The second-order valence-corrected chi connectivity index (χ2v) is 4.48. The zero-order valence-corrected chi connectivity index (χ0v) is 8.89. The fourth-order valence-electron chi connectivity index (χ4n) is 2.34. The van der Waals surface area contributed by atoms with E-state index in [4.69, 9.17) is 5.73 Å². The highest BCUT2D eigenvalue weighted by Crippen LogP contribution is 2.40. The normalized spacial score (nSPS) is 19.4. The van der Waals surface area contributed by atoms with Crippen LogP contribution in [0.4, 0.5) is 4.39 Å². The van der Waals surface area contributed by atoms with Gasteiger partial charge in [-0.1, -0.05) is 12.8 Å². The van der Waals surface area contributed by atoms with Gasteiger partial charge in [-0.05, 0) is 37.5 Å². The molecule has 1 aliphatic carbocycles. The van der Waals surface area contributed by atoms with Crippen LogP contribution in [-0.4, -0.2) is 5.11 Å². The molecule has 0 heterocycles. The lowest BCUT2D eigenvalue weighted by Crippen LogP contribution is -2.33. The lowest BCUT2D eigenvalue weighted by Gasteiger charge is -2.25. The van der Waals surface area contributed by atoms with Crippen LogP contribution in [-0.2, 0) is 5.54 Å². The molecule has 15 heavy (non-hydrogen) atoms. The van der Waals surface area contributed by atoms with Gasteiger partial charge in [0.1, 0.15) is 11.6 Å². The minimum Gasteiger partial charge on any atom is -0.508 e. The van der Waals surface area contributed by atoms with Gasteiger partial charge in [0.25, 0.3) is 0 Å². The molecule has 0 aliphatic heterocycles. The summed E-state index contributed by atoms with van der Waals surface area (Å²) in [5.41, 5.74) is 6.66. The van der Waals surface area contributed by atoms with Crippen molar-refractivity contribution in [3.63, 3.8) is 0 Å². The Hall–Kier alpha value is -1.09. The van der Waals surface area contributed by atoms with E-state index in [1.807, 2.05) is 0 Å². The van der Waals surface area contributed by atoms with E-state index in [-0.39, 0.29) is 11.6 Å². The third-order valence-electron chi connectivity index (χ3n) is 3.31. The molecule has 0 aromatic heterocycles. The number of benzene rings is 1. The smallest absolute Gasteiger partial charge is 0.126 e. The summed E-state index contributed by atoms with van der Waals surface area (Å²) in [4.78, 5) is 0. The van der Waals surface area contributed by atoms with Gasteiger partial charge < -0.3 is 10.8 Å². The van der Waals surface area contributed by atoms with E-state index in [1.165, 1.54) is 12.1 Å². The zero-order chi connectivity index (χ0) is 11.1. The molecule has 1 saturated carbocycles. The van der Waals surface area contributed by atoms with E-state index in [0.29, 0.717) is 11.1 Å². The van der Waals surface area contributed by atoms with E-state index in [2.05, 4.69) is 0 Å². The number of rotatable bonds is 1. The molecule has 3 N–H and O–H groups in total. The van der Waals surface area contributed by atoms with Crippen LogP contribution in [0.25, 0.3) is 0 Å². The summed E-state index contributed by atoms with van der Waals surface area (Å²) >= 11 is 0. The third kappa shape index (κ3) is 1.72. The van der Waals surface area contributed by atoms with Crippen molar-refractivity contribution >= 4 is 0 Å². The summed E-state index contributed by atoms with van der Waals surface area (Å²) in [6.45, 7) is 1.64. The van der Waals surface area contributed by atoms with Crippen molar-refractivity contribution in [3.8, 4) is 5.75 Å². The molecular formula is C12H16FNO. The maximum atomic E-state index is 13.4. The average molecular weight is 209 g/mol. The Morgan fingerprint density at radius 1 is 1.33 bits per heavy atom. The number of aromatic hydroxyl groups is 1. The van der Waals surface area contributed by atoms with Crippen molar-refractivity contribution in [2.45, 2.75) is 38.1 Å². The number of hydrogen-bond acceptors (Lipinski definition) is 2. The second-order valence-electron chi connectivity index (χ2n) is 4.48. The van der Waals surface area contributed by atoms with Crippen LogP contribution in [0.3, 0.4) is 0 Å². The van der Waals surface area contributed by atoms with Crippen LogP contribution in [0.2, 0.25) is 0 Å². The molecule has 3 heteroatoms. The Bertz CT molecular complexity index is 383. The van der Waals surface area contributed by atoms with Crippen molar-refractivity contribution < 1.29 is 9.50 Å². The van der Waals surface area contributed by atoms with Gasteiger partial charge in [0.05, 0.1) is 0 Å². The number of nitrogens with two attached hydrogens (primary N) is 1. The lowest BCUT2D eigenvalue weighted by molar-refractivity contribution is 0.405. The maximum Gasteiger partial charge on any atom is 0.126 e. The predicted molar refractivity (Wildman–Crippen MR) is 57.1 cm³/mol. The van der Waals surface area contributed by atoms with Crippen molar-refractivity contribution in [3.05, 3.63) is 29.1 Å². The van der Waals surface area contributed by atoms with E-state index >= 15 is 0 Å². The van der Waals surface area contributed by atoms with Crippen LogP contribution < -0.4 is 5.73 Å². The van der Waals surface area contributed by atoms with Crippen molar-refractivity contribution in [2.24, 2.45) is 5.73 Å². The SMILES string of the molecule is Cc1cc(O)c(C2(N)CCCC2)cc1F. The first-order chi connectivity index (χ1) is 7.03. The monoisotopic (exact) mass is 209 g/mol. The van der Waals surface area contributed by atoms with Crippen LogP contribution in [0.5, 0.6) is 5.75 Å². The van der Waals surface area contributed by atoms with Gasteiger partial charge in [-0.2, -0.15) is 0 Å². The van der Waals surface area contributed by atoms with Crippen LogP contribution >= 0.6 is 0 Å². The average Bonchev–Trinajstić information content (AvgIpc) is 2.60. The van der Waals surface area contributed by atoms with Gasteiger partial charge in [-0.3, -0.25) is 0 Å². The number of phenolic OH excluding ortho intramolecular Hbond substituents is 1. The molecule has 82 valence electrons. The standard InChI is InChI=1S/C12H16FNO/c1-8-6-11(15)9(7-10(8)13)12(14)4-2-3-5-12/h6-7,15H,2-5,14H2,1H3. The largest absolute Gasteiger partial charge is 0.508 e. The van der Waals surface area contributed by atoms with E-state index in [1.54, 1.807) is 6.92 Å². The molecule has 0 bridgehead atoms. The van der Waals surface area contributed by atoms with Crippen molar-refractivity contribution in [1.82, 2.24) is 0 Å². The second kappa shape index (κ2) is 3.49. The highest BCUT2D eigenvalue weighted by atomic mass is 19.1. The Labute approximate surface area is 88.9 Å². The molecule has 1 fully saturated rings. The summed E-state index contributed by atoms with van der Waals surface area (Å²) in [6.07, 6.45) is 3.74. The summed E-state index contributed by atoms with van der Waals surface area (Å²) in [5, 5.41) is 9.79. The quantitative estimate of drug-likeness (QED) is 0.746. The fraction of sp³-hybridized carbons (Fsp3) is 0.500. The highest BCUT2D eigenvalue weighted by Gasteiger charge is 2.33. The molecule has 0 unspecified atom stereocenters. The Kier molecular flexibility index (Phi) is 2.43. The highest BCUT2D eigenvalue weighted by molar-refractivity contribution is 5.42. The topological polar surface area (TPSA) is 46.2 Å². The number of halogens is 1. The molecule has 0 atom stereocenters. The van der Waals surface area contributed by atoms with Gasteiger partial charge in [-0.25, -0.2) is 4.39 Å². The van der Waals surface area contributed by atoms with Crippen molar-refractivity contribution in [1.29, 1.82) is 0 Å². The molecule has 0 radical (unpaired) electrons. The van der Waals surface area contributed by atoms with Crippen molar-refractivity contribution in [2.75, 3.05) is 0 Å². The predicted octanol–water partition coefficient (Wildman–Crippen LogP) is 2.57. The summed E-state index contributed by atoms with van der Waals surface area (Å²) in [6, 6.07) is 2.84. The number of phenols is 1. The van der Waals surface area contributed by atoms with Gasteiger partial charge in [0.2, 0.25) is 0 Å². The third-order valence-corrected chi connectivity index (χ3v) is 3.31. The fourth-order valence-corrected chi connectivity index (χ4v) is 2.34. The molecule has 0 spiro atoms. The van der Waals surface area contributed by atoms with Crippen LogP contribution in [0, 0.1) is 12.7 Å². The van der Waals surface area contributed by atoms with E-state index in [0.717, 1.165) is 25.7 Å². The molecular weight excluding hydrogens is 193 g/mol. The Morgan fingerprint density at radius 2 is 1.93 bits per heavy atom. The van der Waals surface area contributed by atoms with E-state index in [9.17, 15) is 9.50 Å². The number of aryl methyl sites for hydroxylation is 1. The molecule has 2 nitrogen and oxygen atoms in total. The summed E-state index contributed by atoms with van der Waals surface area (Å²) < 4.78 is 13.4. The molecule has 1 aromatic rings. The molecule has 2 rings (SSSR count). The molecule has 0 saturated heterocycles. The maximum absolute atomic E-state index is 13.4. The lowest BCUT2D eigenvalue weighted by atomic mass is 9.88. The Morgan fingerprint density at radius 3 is 2.53 bits per heavy atom. The van der Waals surface area contributed by atoms with Gasteiger partial charge >= 0.3 is 0 Å². The van der Waals surface area contributed by atoms with Crippen LogP contribution in [0.15, 0.2) is 12.1 Å². The number of hydrogen-bond donors (Lipinski definition) is 2. The Balaban J connectivity index is 2.48. The van der Waals surface area contributed by atoms with Gasteiger partial charge in [-0.15, -0.1) is 0 Å². The molecule has 1 aromatic carbocycles. The summed E-state index contributed by atoms with van der Waals surface area (Å²) in [7, 11) is 0. The minimum absolute atomic E-state index is 0.123. The first kappa shape index (κ1) is 10.4. The molecule has 1 aliphatic rings. The summed E-state index contributed by atoms with van der Waals surface area (Å²) in [5.74, 6) is -0.169. The van der Waals surface area contributed by atoms with E-state index < -0.39 is 5.54 Å². The zero-order valence-electron chi connectivity index (χ0n) is 8.89.